The van der Waals surface area contributed by atoms with Crippen LogP contribution in [0.4, 0.5) is 8.78 Å². The fourth-order valence-corrected chi connectivity index (χ4v) is 9.29. The largest absolute Gasteiger partial charge is 0.204 e. The molecule has 1 aliphatic heterocycles. The smallest absolute Gasteiger partial charge is 0.159 e. The van der Waals surface area contributed by atoms with Crippen molar-refractivity contribution in [2.45, 2.75) is 95.7 Å². The van der Waals surface area contributed by atoms with Crippen molar-refractivity contribution in [3.05, 3.63) is 35.4 Å². The predicted molar refractivity (Wildman–Crippen MR) is 114 cm³/mol. The van der Waals surface area contributed by atoms with Crippen molar-refractivity contribution in [2.24, 2.45) is 17.8 Å². The van der Waals surface area contributed by atoms with Gasteiger partial charge in [0.25, 0.3) is 0 Å². The number of benzene rings is 1. The highest BCUT2D eigenvalue weighted by Gasteiger charge is 2.26. The van der Waals surface area contributed by atoms with E-state index in [9.17, 15) is 8.78 Å². The van der Waals surface area contributed by atoms with Crippen LogP contribution in [0.2, 0.25) is 18.1 Å². The first-order valence-corrected chi connectivity index (χ1v) is 13.9. The van der Waals surface area contributed by atoms with Crippen molar-refractivity contribution in [1.29, 1.82) is 0 Å². The third-order valence-electron chi connectivity index (χ3n) is 7.36. The molecule has 0 N–H and O–H groups in total. The molecule has 2 aliphatic rings. The molecule has 0 spiro atoms. The van der Waals surface area contributed by atoms with E-state index in [0.29, 0.717) is 5.92 Å². The first-order chi connectivity index (χ1) is 13.0. The zero-order valence-electron chi connectivity index (χ0n) is 17.4. The SMILES string of the molecule is CC(C)CC[Si@H]1CC[C@H](CC[C@H]2CC[C@H](c3ccc(F)c(F)c3)CC2)CC1. The van der Waals surface area contributed by atoms with Gasteiger partial charge in [0.2, 0.25) is 0 Å². The van der Waals surface area contributed by atoms with Crippen molar-refractivity contribution < 1.29 is 8.78 Å². The summed E-state index contributed by atoms with van der Waals surface area (Å²) in [5.74, 6) is 1.76. The van der Waals surface area contributed by atoms with E-state index < -0.39 is 11.6 Å². The van der Waals surface area contributed by atoms with E-state index in [1.54, 1.807) is 24.2 Å². The predicted octanol–water partition coefficient (Wildman–Crippen LogP) is 7.70. The zero-order valence-corrected chi connectivity index (χ0v) is 18.5. The van der Waals surface area contributed by atoms with Crippen LogP contribution in [0.15, 0.2) is 18.2 Å². The van der Waals surface area contributed by atoms with Gasteiger partial charge in [0.1, 0.15) is 0 Å². The summed E-state index contributed by atoms with van der Waals surface area (Å²) in [4.78, 5) is 0. The molecule has 152 valence electrons. The first kappa shape index (κ1) is 21.0. The van der Waals surface area contributed by atoms with Crippen LogP contribution in [0.1, 0.15) is 83.1 Å². The lowest BCUT2D eigenvalue weighted by Gasteiger charge is -2.32. The summed E-state index contributed by atoms with van der Waals surface area (Å²) in [5.41, 5.74) is 0.997. The van der Waals surface area contributed by atoms with Crippen LogP contribution in [0.25, 0.3) is 0 Å². The molecule has 3 heteroatoms. The Balaban J connectivity index is 1.34. The molecular weight excluding hydrogens is 354 g/mol. The highest BCUT2D eigenvalue weighted by atomic mass is 28.3. The van der Waals surface area contributed by atoms with Crippen LogP contribution >= 0.6 is 0 Å². The lowest BCUT2D eigenvalue weighted by atomic mass is 9.76. The van der Waals surface area contributed by atoms with Crippen molar-refractivity contribution in [1.82, 2.24) is 0 Å². The second-order valence-electron chi connectivity index (χ2n) is 9.83. The third kappa shape index (κ3) is 6.41. The number of halogens is 2. The number of rotatable bonds is 7. The van der Waals surface area contributed by atoms with Crippen LogP contribution in [0.3, 0.4) is 0 Å². The van der Waals surface area contributed by atoms with E-state index in [1.807, 2.05) is 0 Å². The summed E-state index contributed by atoms with van der Waals surface area (Å²) in [6.45, 7) is 4.72. The average molecular weight is 393 g/mol. The number of hydrogen-bond acceptors (Lipinski definition) is 0. The molecule has 2 fully saturated rings. The summed E-state index contributed by atoms with van der Waals surface area (Å²) in [6.07, 6.45) is 12.1. The number of hydrogen-bond donors (Lipinski definition) is 0. The van der Waals surface area contributed by atoms with Crippen molar-refractivity contribution >= 4 is 8.80 Å². The van der Waals surface area contributed by atoms with Crippen LogP contribution in [-0.2, 0) is 0 Å². The van der Waals surface area contributed by atoms with Gasteiger partial charge < -0.3 is 0 Å². The summed E-state index contributed by atoms with van der Waals surface area (Å²) in [5, 5.41) is 0. The van der Waals surface area contributed by atoms with E-state index in [4.69, 9.17) is 0 Å². The standard InChI is InChI=1S/C24H38F2Si/c1-18(2)11-14-27-15-12-20(13-16-27)4-3-19-5-7-21(8-6-19)22-9-10-23(25)24(26)17-22/h9-10,17-21,27H,3-8,11-16H2,1-2H3/t19-,20-,21-,27-. The van der Waals surface area contributed by atoms with Crippen LogP contribution < -0.4 is 0 Å². The molecule has 0 atom stereocenters. The summed E-state index contributed by atoms with van der Waals surface area (Å²) in [7, 11) is -0.388. The minimum atomic E-state index is -0.727. The summed E-state index contributed by atoms with van der Waals surface area (Å²) in [6, 6.07) is 9.27. The Morgan fingerprint density at radius 3 is 2.11 bits per heavy atom. The average Bonchev–Trinajstić information content (AvgIpc) is 2.68. The molecule has 0 aromatic heterocycles. The van der Waals surface area contributed by atoms with Gasteiger partial charge in [-0.2, -0.15) is 0 Å². The molecule has 0 unspecified atom stereocenters. The lowest BCUT2D eigenvalue weighted by molar-refractivity contribution is 0.280. The second kappa shape index (κ2) is 10.2. The van der Waals surface area contributed by atoms with Gasteiger partial charge >= 0.3 is 0 Å². The molecular formula is C24H38F2Si. The Kier molecular flexibility index (Phi) is 7.93. The quantitative estimate of drug-likeness (QED) is 0.417. The van der Waals surface area contributed by atoms with E-state index in [0.717, 1.165) is 36.2 Å². The topological polar surface area (TPSA) is 0 Å². The maximum Gasteiger partial charge on any atom is 0.159 e. The van der Waals surface area contributed by atoms with E-state index >= 15 is 0 Å². The monoisotopic (exact) mass is 392 g/mol. The molecule has 0 radical (unpaired) electrons. The minimum absolute atomic E-state index is 0.388. The van der Waals surface area contributed by atoms with Gasteiger partial charge in [0.15, 0.2) is 11.6 Å². The molecule has 1 aromatic carbocycles. The maximum atomic E-state index is 13.5. The summed E-state index contributed by atoms with van der Waals surface area (Å²) < 4.78 is 26.6. The van der Waals surface area contributed by atoms with Gasteiger partial charge in [0, 0.05) is 8.80 Å². The lowest BCUT2D eigenvalue weighted by Crippen LogP contribution is -2.22. The molecule has 1 saturated carbocycles. The van der Waals surface area contributed by atoms with E-state index in [-0.39, 0.29) is 8.80 Å². The third-order valence-corrected chi connectivity index (χ3v) is 10.8. The first-order valence-electron chi connectivity index (χ1n) is 11.5. The highest BCUT2D eigenvalue weighted by molar-refractivity contribution is 6.58. The van der Waals surface area contributed by atoms with Gasteiger partial charge in [0.05, 0.1) is 0 Å². The van der Waals surface area contributed by atoms with Gasteiger partial charge in [-0.25, -0.2) is 8.78 Å². The normalized spacial score (nSPS) is 29.2. The molecule has 1 aliphatic carbocycles. The fourth-order valence-electron chi connectivity index (χ4n) is 5.40. The highest BCUT2D eigenvalue weighted by Crippen LogP contribution is 2.39. The molecule has 1 aromatic rings. The van der Waals surface area contributed by atoms with Crippen molar-refractivity contribution in [3.63, 3.8) is 0 Å². The maximum absolute atomic E-state index is 13.5. The van der Waals surface area contributed by atoms with E-state index in [2.05, 4.69) is 13.8 Å². The molecule has 0 amide bonds. The Labute approximate surface area is 166 Å². The Hall–Kier alpha value is -0.703. The van der Waals surface area contributed by atoms with Crippen LogP contribution in [0.5, 0.6) is 0 Å². The zero-order chi connectivity index (χ0) is 19.2. The fraction of sp³-hybridized carbons (Fsp3) is 0.750. The van der Waals surface area contributed by atoms with Crippen molar-refractivity contribution in [3.8, 4) is 0 Å². The second-order valence-corrected chi connectivity index (χ2v) is 13.3. The Morgan fingerprint density at radius 1 is 0.889 bits per heavy atom. The Morgan fingerprint density at radius 2 is 1.52 bits per heavy atom. The van der Waals surface area contributed by atoms with Gasteiger partial charge in [-0.05, 0) is 67.1 Å². The molecule has 0 nitrogen and oxygen atoms in total. The van der Waals surface area contributed by atoms with Crippen molar-refractivity contribution in [2.75, 3.05) is 0 Å². The van der Waals surface area contributed by atoms with Crippen LogP contribution in [-0.4, -0.2) is 8.80 Å². The molecule has 0 bridgehead atoms. The minimum Gasteiger partial charge on any atom is -0.204 e. The van der Waals surface area contributed by atoms with Gasteiger partial charge in [-0.1, -0.05) is 70.2 Å². The molecule has 27 heavy (non-hydrogen) atoms. The summed E-state index contributed by atoms with van der Waals surface area (Å²) >= 11 is 0. The van der Waals surface area contributed by atoms with Crippen LogP contribution in [0, 0.1) is 29.4 Å². The van der Waals surface area contributed by atoms with Gasteiger partial charge in [-0.3, -0.25) is 0 Å². The van der Waals surface area contributed by atoms with E-state index in [1.165, 1.54) is 57.1 Å². The molecule has 1 heterocycles. The Bertz CT molecular complexity index is 570. The molecule has 1 saturated heterocycles. The van der Waals surface area contributed by atoms with Gasteiger partial charge in [-0.15, -0.1) is 0 Å². The molecule has 3 rings (SSSR count).